The van der Waals surface area contributed by atoms with Gasteiger partial charge >= 0.3 is 0 Å². The van der Waals surface area contributed by atoms with Gasteiger partial charge in [-0.3, -0.25) is 6.42 Å². The van der Waals surface area contributed by atoms with Gasteiger partial charge in [-0.1, -0.05) is 6.08 Å². The van der Waals surface area contributed by atoms with E-state index >= 15 is 0 Å². The van der Waals surface area contributed by atoms with E-state index in [0.717, 1.165) is 18.8 Å². The van der Waals surface area contributed by atoms with Crippen LogP contribution >= 0.6 is 0 Å². The minimum absolute atomic E-state index is 0. The SMILES string of the molecule is CC1=CC[CH-]CO1.[Y].[Y].[Y]. The maximum atomic E-state index is 5.08. The summed E-state index contributed by atoms with van der Waals surface area (Å²) in [6, 6.07) is 0. The van der Waals surface area contributed by atoms with Crippen LogP contribution in [0.1, 0.15) is 13.3 Å². The molecule has 3 radical (unpaired) electrons. The number of hydrogen-bond acceptors (Lipinski definition) is 1. The fourth-order valence-corrected chi connectivity index (χ4v) is 0.567. The minimum Gasteiger partial charge on any atom is -0.530 e. The van der Waals surface area contributed by atoms with Crippen molar-refractivity contribution in [2.24, 2.45) is 0 Å². The number of ether oxygens (including phenoxy) is 1. The van der Waals surface area contributed by atoms with Crippen molar-refractivity contribution >= 4 is 0 Å². The van der Waals surface area contributed by atoms with Crippen LogP contribution in [-0.2, 0) is 103 Å². The zero-order valence-corrected chi connectivity index (χ0v) is 14.7. The van der Waals surface area contributed by atoms with Crippen molar-refractivity contribution in [3.8, 4) is 0 Å². The molecule has 0 saturated heterocycles. The van der Waals surface area contributed by atoms with Gasteiger partial charge in [-0.05, 0) is 13.5 Å². The van der Waals surface area contributed by atoms with Crippen LogP contribution in [0, 0.1) is 6.42 Å². The van der Waals surface area contributed by atoms with Gasteiger partial charge in [-0.2, -0.15) is 6.42 Å². The summed E-state index contributed by atoms with van der Waals surface area (Å²) < 4.78 is 5.08. The van der Waals surface area contributed by atoms with Crippen LogP contribution in [0.3, 0.4) is 0 Å². The summed E-state index contributed by atoms with van der Waals surface area (Å²) >= 11 is 0. The molecule has 0 amide bonds. The van der Waals surface area contributed by atoms with Crippen molar-refractivity contribution in [3.63, 3.8) is 0 Å². The second-order valence-corrected chi connectivity index (χ2v) is 1.65. The summed E-state index contributed by atoms with van der Waals surface area (Å²) in [6.07, 6.45) is 5.25. The molecule has 0 aliphatic carbocycles. The Kier molecular flexibility index (Phi) is 22.0. The van der Waals surface area contributed by atoms with Crippen LogP contribution < -0.4 is 0 Å². The molecular formula is C6H9OY3-. The van der Waals surface area contributed by atoms with Gasteiger partial charge in [0.25, 0.3) is 0 Å². The average molecular weight is 364 g/mol. The maximum Gasteiger partial charge on any atom is 0.0822 e. The van der Waals surface area contributed by atoms with Crippen molar-refractivity contribution in [2.75, 3.05) is 6.61 Å². The Morgan fingerprint density at radius 1 is 1.40 bits per heavy atom. The van der Waals surface area contributed by atoms with Gasteiger partial charge in [0.1, 0.15) is 0 Å². The molecule has 0 atom stereocenters. The third-order valence-electron chi connectivity index (χ3n) is 1.00. The summed E-state index contributed by atoms with van der Waals surface area (Å²) in [4.78, 5) is 0. The molecule has 0 unspecified atom stereocenters. The molecule has 1 heterocycles. The zero-order chi connectivity index (χ0) is 5.11. The minimum atomic E-state index is 0. The van der Waals surface area contributed by atoms with E-state index in [1.165, 1.54) is 0 Å². The number of hydrogen-bond donors (Lipinski definition) is 0. The van der Waals surface area contributed by atoms with E-state index in [1.54, 1.807) is 0 Å². The Balaban J connectivity index is -0.000000163. The number of allylic oxidation sites excluding steroid dienone is 2. The second-order valence-electron chi connectivity index (χ2n) is 1.65. The summed E-state index contributed by atoms with van der Waals surface area (Å²) in [7, 11) is 0. The third kappa shape index (κ3) is 8.94. The van der Waals surface area contributed by atoms with Gasteiger partial charge < -0.3 is 4.74 Å². The molecule has 1 aliphatic heterocycles. The number of rotatable bonds is 0. The largest absolute Gasteiger partial charge is 0.530 e. The smallest absolute Gasteiger partial charge is 0.0822 e. The zero-order valence-electron chi connectivity index (χ0n) is 6.21. The first-order chi connectivity index (χ1) is 3.39. The quantitative estimate of drug-likeness (QED) is 0.593. The second kappa shape index (κ2) is 11.9. The molecule has 0 aromatic heterocycles. The standard InChI is InChI=1S/C6H9O.3Y/c1-6-4-2-3-5-7-6;;;/h3-4H,2,5H2,1H3;;;/q-1;;;. The molecule has 0 spiro atoms. The van der Waals surface area contributed by atoms with Crippen LogP contribution in [0.25, 0.3) is 0 Å². The van der Waals surface area contributed by atoms with E-state index in [9.17, 15) is 0 Å². The molecule has 0 aromatic rings. The van der Waals surface area contributed by atoms with Crippen molar-refractivity contribution in [2.45, 2.75) is 13.3 Å². The first-order valence-corrected chi connectivity index (χ1v) is 2.51. The van der Waals surface area contributed by atoms with Crippen molar-refractivity contribution in [1.82, 2.24) is 0 Å². The third-order valence-corrected chi connectivity index (χ3v) is 1.00. The van der Waals surface area contributed by atoms with Crippen LogP contribution in [-0.4, -0.2) is 6.61 Å². The van der Waals surface area contributed by atoms with Gasteiger partial charge in [0, 0.05) is 98.1 Å². The topological polar surface area (TPSA) is 9.23 Å². The van der Waals surface area contributed by atoms with Crippen LogP contribution in [0.2, 0.25) is 0 Å². The molecule has 1 aliphatic rings. The van der Waals surface area contributed by atoms with Gasteiger partial charge in [-0.25, -0.2) is 0 Å². The average Bonchev–Trinajstić information content (AvgIpc) is 1.69. The first kappa shape index (κ1) is 18.6. The predicted octanol–water partition coefficient (Wildman–Crippen LogP) is 1.51. The van der Waals surface area contributed by atoms with Gasteiger partial charge in [-0.15, -0.1) is 0 Å². The maximum absolute atomic E-state index is 5.08. The van der Waals surface area contributed by atoms with Gasteiger partial charge in [0.2, 0.25) is 0 Å². The Morgan fingerprint density at radius 3 is 2.20 bits per heavy atom. The predicted molar refractivity (Wildman–Crippen MR) is 28.6 cm³/mol. The van der Waals surface area contributed by atoms with Gasteiger partial charge in [0.15, 0.2) is 0 Å². The molecule has 1 rings (SSSR count). The van der Waals surface area contributed by atoms with E-state index in [-0.39, 0.29) is 98.1 Å². The van der Waals surface area contributed by atoms with Crippen LogP contribution in [0.5, 0.6) is 0 Å². The fourth-order valence-electron chi connectivity index (χ4n) is 0.567. The van der Waals surface area contributed by atoms with Crippen molar-refractivity contribution < 1.29 is 103 Å². The van der Waals surface area contributed by atoms with E-state index in [0.29, 0.717) is 0 Å². The van der Waals surface area contributed by atoms with E-state index in [4.69, 9.17) is 4.74 Å². The van der Waals surface area contributed by atoms with Crippen LogP contribution in [0.4, 0.5) is 0 Å². The molecule has 0 aromatic carbocycles. The molecule has 0 bridgehead atoms. The Labute approximate surface area is 138 Å². The monoisotopic (exact) mass is 364 g/mol. The molecular weight excluding hydrogens is 355 g/mol. The normalized spacial score (nSPS) is 14.3. The molecule has 0 saturated carbocycles. The Bertz CT molecular complexity index is 93.0. The van der Waals surface area contributed by atoms with E-state index < -0.39 is 0 Å². The molecule has 0 fully saturated rings. The Hall–Kier alpha value is 2.85. The summed E-state index contributed by atoms with van der Waals surface area (Å²) in [6.45, 7) is 2.77. The molecule has 49 valence electrons. The molecule has 4 heteroatoms. The van der Waals surface area contributed by atoms with Crippen molar-refractivity contribution in [3.05, 3.63) is 18.3 Å². The summed E-state index contributed by atoms with van der Waals surface area (Å²) in [5.74, 6) is 1.06. The Morgan fingerprint density at radius 2 is 2.00 bits per heavy atom. The van der Waals surface area contributed by atoms with Crippen LogP contribution in [0.15, 0.2) is 11.8 Å². The fraction of sp³-hybridized carbons (Fsp3) is 0.500. The first-order valence-electron chi connectivity index (χ1n) is 2.51. The van der Waals surface area contributed by atoms with E-state index in [2.05, 4.69) is 12.5 Å². The molecule has 0 N–H and O–H groups in total. The molecule has 1 nitrogen and oxygen atoms in total. The molecule has 10 heavy (non-hydrogen) atoms. The van der Waals surface area contributed by atoms with E-state index in [1.807, 2.05) is 6.92 Å². The van der Waals surface area contributed by atoms with Gasteiger partial charge in [0.05, 0.1) is 5.76 Å². The summed E-state index contributed by atoms with van der Waals surface area (Å²) in [5, 5.41) is 0. The van der Waals surface area contributed by atoms with Crippen molar-refractivity contribution in [1.29, 1.82) is 0 Å². The summed E-state index contributed by atoms with van der Waals surface area (Å²) in [5.41, 5.74) is 0.